The van der Waals surface area contributed by atoms with E-state index in [1.54, 1.807) is 0 Å². The van der Waals surface area contributed by atoms with Crippen LogP contribution in [0.15, 0.2) is 0 Å². The van der Waals surface area contributed by atoms with Crippen LogP contribution in [0.5, 0.6) is 0 Å². The van der Waals surface area contributed by atoms with Gasteiger partial charge >= 0.3 is 0 Å². The number of aliphatic hydroxyl groups excluding tert-OH is 1. The fourth-order valence-corrected chi connectivity index (χ4v) is 2.57. The van der Waals surface area contributed by atoms with Crippen LogP contribution in [0.3, 0.4) is 0 Å². The number of rotatable bonds is 7. The minimum Gasteiger partial charge on any atom is -0.394 e. The molecule has 0 amide bonds. The van der Waals surface area contributed by atoms with Gasteiger partial charge in [0.15, 0.2) is 0 Å². The molecule has 0 saturated heterocycles. The summed E-state index contributed by atoms with van der Waals surface area (Å²) in [7, 11) is 2.22. The average molecular weight is 228 g/mol. The zero-order valence-corrected chi connectivity index (χ0v) is 11.3. The fourth-order valence-electron chi connectivity index (χ4n) is 2.57. The Bertz CT molecular complexity index is 206. The third-order valence-corrected chi connectivity index (χ3v) is 4.04. The van der Waals surface area contributed by atoms with Gasteiger partial charge in [0.1, 0.15) is 0 Å². The summed E-state index contributed by atoms with van der Waals surface area (Å²) in [4.78, 5) is 2.48. The molecule has 96 valence electrons. The molecular formula is C13H28N2O. The second-order valence-electron chi connectivity index (χ2n) is 5.55. The molecule has 2 N–H and O–H groups in total. The van der Waals surface area contributed by atoms with Crippen molar-refractivity contribution in [3.05, 3.63) is 0 Å². The van der Waals surface area contributed by atoms with Gasteiger partial charge < -0.3 is 15.3 Å². The van der Waals surface area contributed by atoms with E-state index in [0.29, 0.717) is 6.04 Å². The van der Waals surface area contributed by atoms with Crippen molar-refractivity contribution in [1.29, 1.82) is 0 Å². The van der Waals surface area contributed by atoms with Crippen LogP contribution in [-0.2, 0) is 0 Å². The van der Waals surface area contributed by atoms with Crippen molar-refractivity contribution in [2.45, 2.75) is 64.1 Å². The van der Waals surface area contributed by atoms with Gasteiger partial charge in [0.2, 0.25) is 0 Å². The van der Waals surface area contributed by atoms with E-state index in [9.17, 15) is 5.11 Å². The monoisotopic (exact) mass is 228 g/mol. The van der Waals surface area contributed by atoms with Crippen LogP contribution in [0.1, 0.15) is 46.5 Å². The minimum absolute atomic E-state index is 0.133. The summed E-state index contributed by atoms with van der Waals surface area (Å²) in [5.41, 5.74) is -0.133. The second kappa shape index (κ2) is 5.99. The third-order valence-electron chi connectivity index (χ3n) is 4.04. The Morgan fingerprint density at radius 1 is 1.50 bits per heavy atom. The molecule has 0 bridgehead atoms. The molecule has 3 heteroatoms. The predicted octanol–water partition coefficient (Wildman–Crippen LogP) is 1.61. The van der Waals surface area contributed by atoms with Gasteiger partial charge in [-0.2, -0.15) is 0 Å². The van der Waals surface area contributed by atoms with Crippen molar-refractivity contribution in [3.63, 3.8) is 0 Å². The number of hydrogen-bond acceptors (Lipinski definition) is 3. The van der Waals surface area contributed by atoms with Crippen LogP contribution in [0.4, 0.5) is 0 Å². The quantitative estimate of drug-likeness (QED) is 0.695. The topological polar surface area (TPSA) is 35.5 Å². The molecule has 2 unspecified atom stereocenters. The molecule has 2 atom stereocenters. The van der Waals surface area contributed by atoms with E-state index in [2.05, 4.69) is 38.0 Å². The molecule has 16 heavy (non-hydrogen) atoms. The van der Waals surface area contributed by atoms with Gasteiger partial charge in [-0.05, 0) is 46.7 Å². The highest BCUT2D eigenvalue weighted by Crippen LogP contribution is 2.27. The molecule has 1 fully saturated rings. The van der Waals surface area contributed by atoms with Crippen molar-refractivity contribution in [1.82, 2.24) is 10.2 Å². The zero-order valence-electron chi connectivity index (χ0n) is 11.3. The van der Waals surface area contributed by atoms with Crippen LogP contribution in [0.25, 0.3) is 0 Å². The summed E-state index contributed by atoms with van der Waals surface area (Å²) in [5.74, 6) is 0. The maximum atomic E-state index is 9.48. The lowest BCUT2D eigenvalue weighted by molar-refractivity contribution is 0.0777. The van der Waals surface area contributed by atoms with Gasteiger partial charge in [0, 0.05) is 17.6 Å². The first kappa shape index (κ1) is 13.9. The third kappa shape index (κ3) is 3.44. The second-order valence-corrected chi connectivity index (χ2v) is 5.55. The smallest absolute Gasteiger partial charge is 0.0611 e. The van der Waals surface area contributed by atoms with Gasteiger partial charge in [-0.1, -0.05) is 13.3 Å². The molecule has 0 aliphatic heterocycles. The van der Waals surface area contributed by atoms with Gasteiger partial charge in [0.05, 0.1) is 6.61 Å². The van der Waals surface area contributed by atoms with Crippen LogP contribution in [-0.4, -0.2) is 47.8 Å². The highest BCUT2D eigenvalue weighted by molar-refractivity contribution is 4.89. The molecule has 1 rings (SSSR count). The van der Waals surface area contributed by atoms with E-state index >= 15 is 0 Å². The lowest BCUT2D eigenvalue weighted by Crippen LogP contribution is -2.52. The number of nitrogens with zero attached hydrogens (tertiary/aromatic N) is 1. The summed E-state index contributed by atoms with van der Waals surface area (Å²) >= 11 is 0. The van der Waals surface area contributed by atoms with E-state index in [1.807, 2.05) is 0 Å². The molecule has 0 heterocycles. The average Bonchev–Trinajstić information content (AvgIpc) is 2.15. The van der Waals surface area contributed by atoms with Gasteiger partial charge in [-0.15, -0.1) is 0 Å². The molecule has 3 nitrogen and oxygen atoms in total. The van der Waals surface area contributed by atoms with Gasteiger partial charge in [-0.25, -0.2) is 0 Å². The number of nitrogens with one attached hydrogen (secondary N) is 1. The highest BCUT2D eigenvalue weighted by Gasteiger charge is 2.30. The molecule has 1 saturated carbocycles. The van der Waals surface area contributed by atoms with Crippen molar-refractivity contribution >= 4 is 0 Å². The Balaban J connectivity index is 2.43. The molecule has 0 spiro atoms. The van der Waals surface area contributed by atoms with Crippen molar-refractivity contribution in [3.8, 4) is 0 Å². The summed E-state index contributed by atoms with van der Waals surface area (Å²) in [6, 6.07) is 1.31. The highest BCUT2D eigenvalue weighted by atomic mass is 16.3. The molecule has 0 aromatic rings. The van der Waals surface area contributed by atoms with E-state index in [-0.39, 0.29) is 12.1 Å². The minimum atomic E-state index is -0.133. The zero-order chi connectivity index (χ0) is 12.2. The molecule has 1 aliphatic carbocycles. The standard InChI is InChI=1S/C13H28N2O/c1-5-14-13(3,10-16)9-11(2)15(4)12-7-6-8-12/h11-12,14,16H,5-10H2,1-4H3. The molecule has 0 radical (unpaired) electrons. The number of aliphatic hydroxyl groups is 1. The summed E-state index contributed by atoms with van der Waals surface area (Å²) in [6.45, 7) is 7.60. The van der Waals surface area contributed by atoms with Gasteiger partial charge in [0.25, 0.3) is 0 Å². The largest absolute Gasteiger partial charge is 0.394 e. The Kier molecular flexibility index (Phi) is 5.22. The Morgan fingerprint density at radius 2 is 2.12 bits per heavy atom. The maximum Gasteiger partial charge on any atom is 0.0611 e. The maximum absolute atomic E-state index is 9.48. The Labute approximate surface area is 100 Å². The first-order valence-corrected chi connectivity index (χ1v) is 6.60. The van der Waals surface area contributed by atoms with Crippen LogP contribution < -0.4 is 5.32 Å². The van der Waals surface area contributed by atoms with Crippen LogP contribution >= 0.6 is 0 Å². The fraction of sp³-hybridized carbons (Fsp3) is 1.00. The van der Waals surface area contributed by atoms with Crippen molar-refractivity contribution in [2.75, 3.05) is 20.2 Å². The molecule has 1 aliphatic rings. The predicted molar refractivity (Wildman–Crippen MR) is 68.6 cm³/mol. The molecule has 0 aromatic carbocycles. The number of hydrogen-bond donors (Lipinski definition) is 2. The van der Waals surface area contributed by atoms with E-state index in [4.69, 9.17) is 0 Å². The van der Waals surface area contributed by atoms with Gasteiger partial charge in [-0.3, -0.25) is 0 Å². The van der Waals surface area contributed by atoms with Crippen LogP contribution in [0.2, 0.25) is 0 Å². The molecular weight excluding hydrogens is 200 g/mol. The lowest BCUT2D eigenvalue weighted by atomic mass is 9.88. The Hall–Kier alpha value is -0.120. The lowest BCUT2D eigenvalue weighted by Gasteiger charge is -2.42. The molecule has 0 aromatic heterocycles. The normalized spacial score (nSPS) is 22.9. The summed E-state index contributed by atoms with van der Waals surface area (Å²) in [6.07, 6.45) is 5.08. The van der Waals surface area contributed by atoms with Crippen molar-refractivity contribution in [2.24, 2.45) is 0 Å². The SMILES string of the molecule is CCNC(C)(CO)CC(C)N(C)C1CCC1. The first-order valence-electron chi connectivity index (χ1n) is 6.60. The van der Waals surface area contributed by atoms with Crippen molar-refractivity contribution < 1.29 is 5.11 Å². The number of likely N-dealkylation sites (N-methyl/N-ethyl adjacent to an activating group) is 1. The van der Waals surface area contributed by atoms with E-state index < -0.39 is 0 Å². The van der Waals surface area contributed by atoms with E-state index in [1.165, 1.54) is 19.3 Å². The summed E-state index contributed by atoms with van der Waals surface area (Å²) < 4.78 is 0. The van der Waals surface area contributed by atoms with Crippen LogP contribution in [0, 0.1) is 0 Å². The van der Waals surface area contributed by atoms with E-state index in [0.717, 1.165) is 19.0 Å². The summed E-state index contributed by atoms with van der Waals surface area (Å²) in [5, 5.41) is 12.9. The Morgan fingerprint density at radius 3 is 2.50 bits per heavy atom. The first-order chi connectivity index (χ1) is 7.52.